The van der Waals surface area contributed by atoms with Crippen molar-refractivity contribution in [1.82, 2.24) is 34.7 Å². The Bertz CT molecular complexity index is 1620. The lowest BCUT2D eigenvalue weighted by Crippen LogP contribution is -1.96. The van der Waals surface area contributed by atoms with Gasteiger partial charge in [0.1, 0.15) is 22.9 Å². The Hall–Kier alpha value is -4.33. The van der Waals surface area contributed by atoms with Crippen molar-refractivity contribution in [1.29, 1.82) is 0 Å². The van der Waals surface area contributed by atoms with Gasteiger partial charge in [0, 0.05) is 29.7 Å². The number of nitrogens with zero attached hydrogens (tertiary/aromatic N) is 5. The maximum Gasteiger partial charge on any atom is 0.135 e. The fourth-order valence-electron chi connectivity index (χ4n) is 4.02. The van der Waals surface area contributed by atoms with Gasteiger partial charge < -0.3 is 9.55 Å². The molecule has 0 radical (unpaired) electrons. The van der Waals surface area contributed by atoms with E-state index in [1.807, 2.05) is 55.1 Å². The number of aromatic amines is 2. The minimum Gasteiger partial charge on any atom is -0.353 e. The summed E-state index contributed by atoms with van der Waals surface area (Å²) in [6.45, 7) is 1.96. The van der Waals surface area contributed by atoms with E-state index in [1.165, 1.54) is 12.1 Å². The van der Waals surface area contributed by atoms with E-state index in [9.17, 15) is 4.39 Å². The number of aromatic nitrogens is 7. The van der Waals surface area contributed by atoms with Crippen LogP contribution in [0.4, 0.5) is 4.39 Å². The Balaban J connectivity index is 1.52. The highest BCUT2D eigenvalue weighted by Gasteiger charge is 2.17. The van der Waals surface area contributed by atoms with E-state index in [-0.39, 0.29) is 5.82 Å². The number of aryl methyl sites for hydroxylation is 1. The van der Waals surface area contributed by atoms with Crippen molar-refractivity contribution in [3.63, 3.8) is 0 Å². The van der Waals surface area contributed by atoms with Crippen LogP contribution in [0, 0.1) is 12.7 Å². The Kier molecular flexibility index (Phi) is 3.94. The van der Waals surface area contributed by atoms with Crippen LogP contribution in [-0.2, 0) is 7.05 Å². The standard InChI is InChI=1S/C24H18FN7/c1-13-27-12-21(32(13)2)18-6-7-19-23(29-18)24(31-30-19)20-11-16-17(28-20)8-9-26-22(16)14-4-3-5-15(25)10-14/h3-12,28H,1-2H3,(H,30,31). The molecule has 1 aromatic carbocycles. The monoisotopic (exact) mass is 423 g/mol. The van der Waals surface area contributed by atoms with Crippen LogP contribution in [0.1, 0.15) is 5.82 Å². The highest BCUT2D eigenvalue weighted by atomic mass is 19.1. The molecule has 6 aromatic rings. The summed E-state index contributed by atoms with van der Waals surface area (Å²) in [6.07, 6.45) is 3.54. The topological polar surface area (TPSA) is 88.1 Å². The summed E-state index contributed by atoms with van der Waals surface area (Å²) in [7, 11) is 1.97. The smallest absolute Gasteiger partial charge is 0.135 e. The van der Waals surface area contributed by atoms with Gasteiger partial charge >= 0.3 is 0 Å². The minimum atomic E-state index is -0.294. The second-order valence-electron chi connectivity index (χ2n) is 7.73. The molecule has 0 spiro atoms. The van der Waals surface area contributed by atoms with Crippen LogP contribution < -0.4 is 0 Å². The van der Waals surface area contributed by atoms with Crippen LogP contribution in [0.2, 0.25) is 0 Å². The van der Waals surface area contributed by atoms with Gasteiger partial charge in [0.25, 0.3) is 0 Å². The summed E-state index contributed by atoms with van der Waals surface area (Å²) in [4.78, 5) is 17.2. The van der Waals surface area contributed by atoms with Gasteiger partial charge in [-0.05, 0) is 43.3 Å². The number of nitrogens with one attached hydrogen (secondary N) is 2. The van der Waals surface area contributed by atoms with Crippen molar-refractivity contribution >= 4 is 21.9 Å². The molecule has 0 saturated heterocycles. The molecule has 0 saturated carbocycles. The number of rotatable bonds is 3. The Morgan fingerprint density at radius 3 is 2.69 bits per heavy atom. The van der Waals surface area contributed by atoms with Crippen LogP contribution in [0.25, 0.3) is 56.0 Å². The molecule has 0 bridgehead atoms. The van der Waals surface area contributed by atoms with Crippen LogP contribution in [0.15, 0.2) is 60.9 Å². The first-order chi connectivity index (χ1) is 15.6. The number of fused-ring (bicyclic) bond motifs is 2. The molecule has 0 aliphatic rings. The van der Waals surface area contributed by atoms with Crippen molar-refractivity contribution in [2.75, 3.05) is 0 Å². The van der Waals surface area contributed by atoms with Gasteiger partial charge in [-0.2, -0.15) is 5.10 Å². The summed E-state index contributed by atoms with van der Waals surface area (Å²) >= 11 is 0. The van der Waals surface area contributed by atoms with Crippen LogP contribution >= 0.6 is 0 Å². The first kappa shape index (κ1) is 18.4. The lowest BCUT2D eigenvalue weighted by atomic mass is 10.1. The van der Waals surface area contributed by atoms with Crippen molar-refractivity contribution in [3.8, 4) is 34.0 Å². The quantitative estimate of drug-likeness (QED) is 0.419. The van der Waals surface area contributed by atoms with E-state index in [0.717, 1.165) is 50.4 Å². The van der Waals surface area contributed by atoms with Gasteiger partial charge in [-0.15, -0.1) is 0 Å². The molecule has 2 N–H and O–H groups in total. The molecule has 7 nitrogen and oxygen atoms in total. The highest BCUT2D eigenvalue weighted by molar-refractivity contribution is 5.99. The van der Waals surface area contributed by atoms with Crippen LogP contribution in [0.3, 0.4) is 0 Å². The molecule has 32 heavy (non-hydrogen) atoms. The molecule has 8 heteroatoms. The van der Waals surface area contributed by atoms with Crippen molar-refractivity contribution in [2.45, 2.75) is 6.92 Å². The summed E-state index contributed by atoms with van der Waals surface area (Å²) in [5, 5.41) is 8.47. The lowest BCUT2D eigenvalue weighted by Gasteiger charge is -2.03. The molecule has 0 aliphatic carbocycles. The molecular weight excluding hydrogens is 405 g/mol. The van der Waals surface area contributed by atoms with Gasteiger partial charge in [-0.25, -0.2) is 14.4 Å². The molecule has 6 rings (SSSR count). The fraction of sp³-hybridized carbons (Fsp3) is 0.0833. The Labute approximate surface area is 182 Å². The molecule has 0 atom stereocenters. The van der Waals surface area contributed by atoms with E-state index in [4.69, 9.17) is 4.98 Å². The molecule has 0 amide bonds. The number of H-pyrrole nitrogens is 2. The lowest BCUT2D eigenvalue weighted by molar-refractivity contribution is 0.628. The summed E-state index contributed by atoms with van der Waals surface area (Å²) in [5.41, 5.74) is 7.20. The van der Waals surface area contributed by atoms with Gasteiger partial charge in [0.2, 0.25) is 0 Å². The predicted molar refractivity (Wildman–Crippen MR) is 121 cm³/mol. The molecule has 5 aromatic heterocycles. The second kappa shape index (κ2) is 6.84. The number of imidazole rings is 1. The maximum atomic E-state index is 13.8. The van der Waals surface area contributed by atoms with Crippen molar-refractivity contribution < 1.29 is 4.39 Å². The van der Waals surface area contributed by atoms with Gasteiger partial charge in [-0.3, -0.25) is 10.1 Å². The van der Waals surface area contributed by atoms with E-state index in [0.29, 0.717) is 11.4 Å². The molecule has 0 aliphatic heterocycles. The van der Waals surface area contributed by atoms with E-state index < -0.39 is 0 Å². The Morgan fingerprint density at radius 2 is 1.88 bits per heavy atom. The third-order valence-corrected chi connectivity index (χ3v) is 5.79. The molecule has 5 heterocycles. The van der Waals surface area contributed by atoms with Crippen LogP contribution in [0.5, 0.6) is 0 Å². The average Bonchev–Trinajstić information content (AvgIpc) is 3.50. The van der Waals surface area contributed by atoms with E-state index in [1.54, 1.807) is 12.3 Å². The van der Waals surface area contributed by atoms with Gasteiger partial charge in [0.05, 0.1) is 34.5 Å². The zero-order chi connectivity index (χ0) is 21.8. The van der Waals surface area contributed by atoms with E-state index in [2.05, 4.69) is 25.1 Å². The third kappa shape index (κ3) is 2.80. The molecule has 0 fully saturated rings. The zero-order valence-corrected chi connectivity index (χ0v) is 17.4. The Morgan fingerprint density at radius 1 is 0.969 bits per heavy atom. The third-order valence-electron chi connectivity index (χ3n) is 5.79. The van der Waals surface area contributed by atoms with Gasteiger partial charge in [0.15, 0.2) is 0 Å². The number of halogens is 1. The summed E-state index contributed by atoms with van der Waals surface area (Å²) in [5.74, 6) is 0.625. The van der Waals surface area contributed by atoms with E-state index >= 15 is 0 Å². The molecular formula is C24H18FN7. The zero-order valence-electron chi connectivity index (χ0n) is 17.4. The first-order valence-corrected chi connectivity index (χ1v) is 10.2. The first-order valence-electron chi connectivity index (χ1n) is 10.2. The van der Waals surface area contributed by atoms with Crippen LogP contribution in [-0.4, -0.2) is 34.7 Å². The molecule has 0 unspecified atom stereocenters. The second-order valence-corrected chi connectivity index (χ2v) is 7.73. The fourth-order valence-corrected chi connectivity index (χ4v) is 4.02. The van der Waals surface area contributed by atoms with Crippen molar-refractivity contribution in [3.05, 3.63) is 72.6 Å². The largest absolute Gasteiger partial charge is 0.353 e. The maximum absolute atomic E-state index is 13.8. The highest BCUT2D eigenvalue weighted by Crippen LogP contribution is 2.33. The average molecular weight is 423 g/mol. The number of pyridine rings is 2. The SMILES string of the molecule is Cc1ncc(-c2ccc3[nH]nc(-c4cc5c(-c6cccc(F)c6)nccc5[nH]4)c3n2)n1C. The number of hydrogen-bond donors (Lipinski definition) is 2. The number of hydrogen-bond acceptors (Lipinski definition) is 4. The minimum absolute atomic E-state index is 0.294. The molecule has 156 valence electrons. The normalized spacial score (nSPS) is 11.6. The summed E-state index contributed by atoms with van der Waals surface area (Å²) < 4.78 is 15.8. The predicted octanol–water partition coefficient (Wildman–Crippen LogP) is 5.02. The van der Waals surface area contributed by atoms with Gasteiger partial charge in [-0.1, -0.05) is 12.1 Å². The van der Waals surface area contributed by atoms with Crippen molar-refractivity contribution in [2.24, 2.45) is 7.05 Å². The summed E-state index contributed by atoms with van der Waals surface area (Å²) in [6, 6.07) is 14.3. The number of benzene rings is 1.